The summed E-state index contributed by atoms with van der Waals surface area (Å²) in [5, 5.41) is 21.7. The van der Waals surface area contributed by atoms with E-state index in [9.17, 15) is 32.7 Å². The first-order valence-electron chi connectivity index (χ1n) is 13.3. The lowest BCUT2D eigenvalue weighted by Gasteiger charge is -2.36. The number of halogens is 3. The molecular weight excluding hydrogens is 505 g/mol. The second-order valence-corrected chi connectivity index (χ2v) is 11.9. The van der Waals surface area contributed by atoms with E-state index in [1.54, 1.807) is 10.9 Å². The van der Waals surface area contributed by atoms with Crippen LogP contribution in [0.4, 0.5) is 13.2 Å². The zero-order chi connectivity index (χ0) is 27.8. The van der Waals surface area contributed by atoms with Gasteiger partial charge in [0.25, 0.3) is 0 Å². The Hall–Kier alpha value is -2.70. The van der Waals surface area contributed by atoms with Gasteiger partial charge in [0.05, 0.1) is 18.2 Å². The quantitative estimate of drug-likeness (QED) is 0.545. The van der Waals surface area contributed by atoms with Crippen LogP contribution in [0, 0.1) is 5.41 Å². The summed E-state index contributed by atoms with van der Waals surface area (Å²) >= 11 is 0. The highest BCUT2D eigenvalue weighted by atomic mass is 19.4. The maximum atomic E-state index is 13.8. The Labute approximate surface area is 219 Å². The summed E-state index contributed by atoms with van der Waals surface area (Å²) in [6, 6.07) is -2.10. The molecule has 2 aliphatic heterocycles. The Morgan fingerprint density at radius 3 is 2.50 bits per heavy atom. The Bertz CT molecular complexity index is 1040. The zero-order valence-electron chi connectivity index (χ0n) is 22.1. The highest BCUT2D eigenvalue weighted by Gasteiger charge is 2.46. The number of carbonyl (C=O) groups is 3. The average Bonchev–Trinajstić information content (AvgIpc) is 3.43. The van der Waals surface area contributed by atoms with Gasteiger partial charge >= 0.3 is 6.18 Å². The molecule has 4 rings (SSSR count). The van der Waals surface area contributed by atoms with E-state index in [0.29, 0.717) is 25.3 Å². The third-order valence-corrected chi connectivity index (χ3v) is 7.45. The van der Waals surface area contributed by atoms with E-state index in [0.717, 1.165) is 18.5 Å². The van der Waals surface area contributed by atoms with E-state index < -0.39 is 60.5 Å². The van der Waals surface area contributed by atoms with Crippen molar-refractivity contribution in [1.29, 1.82) is 0 Å². The van der Waals surface area contributed by atoms with Gasteiger partial charge in [-0.2, -0.15) is 13.2 Å². The average molecular weight is 543 g/mol. The van der Waals surface area contributed by atoms with E-state index in [-0.39, 0.29) is 25.4 Å². The van der Waals surface area contributed by atoms with Crippen LogP contribution in [0.15, 0.2) is 6.20 Å². The predicted molar refractivity (Wildman–Crippen MR) is 130 cm³/mol. The number of amides is 3. The van der Waals surface area contributed by atoms with Gasteiger partial charge in [-0.3, -0.25) is 14.4 Å². The number of likely N-dealkylation sites (tertiary alicyclic amines) is 2. The van der Waals surface area contributed by atoms with Crippen LogP contribution in [0.25, 0.3) is 0 Å². The molecule has 2 saturated heterocycles. The van der Waals surface area contributed by atoms with Gasteiger partial charge in [0.1, 0.15) is 12.1 Å². The van der Waals surface area contributed by atoms with Gasteiger partial charge in [0.2, 0.25) is 17.7 Å². The molecule has 0 radical (unpaired) electrons. The lowest BCUT2D eigenvalue weighted by atomic mass is 9.85. The molecule has 1 aliphatic carbocycles. The van der Waals surface area contributed by atoms with Crippen molar-refractivity contribution in [3.8, 4) is 0 Å². The molecule has 10 nitrogen and oxygen atoms in total. The van der Waals surface area contributed by atoms with Crippen molar-refractivity contribution >= 4 is 17.7 Å². The number of nitrogens with zero attached hydrogens (tertiary/aromatic N) is 5. The van der Waals surface area contributed by atoms with Crippen molar-refractivity contribution in [1.82, 2.24) is 30.1 Å². The number of nitrogens with one attached hydrogen (secondary N) is 1. The lowest BCUT2D eigenvalue weighted by Crippen LogP contribution is -2.55. The molecule has 0 aromatic carbocycles. The smallest absolute Gasteiger partial charge is 0.389 e. The van der Waals surface area contributed by atoms with Gasteiger partial charge in [-0.25, -0.2) is 4.68 Å². The monoisotopic (exact) mass is 542 g/mol. The maximum absolute atomic E-state index is 13.8. The number of β-amino-alcohol motifs (C(OH)–C–C–N with tert-alkyl or cyclic N) is 1. The molecule has 1 saturated carbocycles. The molecule has 3 heterocycles. The van der Waals surface area contributed by atoms with Crippen LogP contribution in [0.1, 0.15) is 83.4 Å². The van der Waals surface area contributed by atoms with Crippen LogP contribution in [0.2, 0.25) is 0 Å². The van der Waals surface area contributed by atoms with E-state index in [2.05, 4.69) is 15.6 Å². The number of alkyl halides is 3. The fourth-order valence-corrected chi connectivity index (χ4v) is 5.35. The summed E-state index contributed by atoms with van der Waals surface area (Å²) in [5.74, 6) is -1.02. The van der Waals surface area contributed by atoms with E-state index >= 15 is 0 Å². The van der Waals surface area contributed by atoms with Crippen LogP contribution in [-0.2, 0) is 14.4 Å². The van der Waals surface area contributed by atoms with Crippen molar-refractivity contribution < 1.29 is 32.7 Å². The number of carbonyl (C=O) groups excluding carboxylic acids is 3. The molecule has 13 heteroatoms. The number of hydrogen-bond donors (Lipinski definition) is 2. The second kappa shape index (κ2) is 10.8. The normalized spacial score (nSPS) is 25.4. The standard InChI is InChI=1S/C25H37F3N6O4/c1-24(2,3)21(34-14-18(30-31-34)15-6-7-15)23(38)33-13-17(35)11-19(33)22(37)29-16-5-4-10-32(12-16)20(36)8-9-25(26,27)28/h14-17,19,21,35H,4-13H2,1-3H3,(H,29,37)/t16-,17-,19+,21-/m1/s1. The predicted octanol–water partition coefficient (Wildman–Crippen LogP) is 2.15. The number of hydrogen-bond acceptors (Lipinski definition) is 6. The molecular formula is C25H37F3N6O4. The Morgan fingerprint density at radius 1 is 1.16 bits per heavy atom. The molecule has 38 heavy (non-hydrogen) atoms. The van der Waals surface area contributed by atoms with Crippen molar-refractivity contribution in [3.05, 3.63) is 11.9 Å². The summed E-state index contributed by atoms with van der Waals surface area (Å²) < 4.78 is 39.1. The third kappa shape index (κ3) is 6.83. The largest absolute Gasteiger partial charge is 0.391 e. The molecule has 0 bridgehead atoms. The molecule has 2 N–H and O–H groups in total. The minimum Gasteiger partial charge on any atom is -0.391 e. The molecule has 0 unspecified atom stereocenters. The van der Waals surface area contributed by atoms with Crippen molar-refractivity contribution in [2.75, 3.05) is 19.6 Å². The first kappa shape index (κ1) is 28.3. The highest BCUT2D eigenvalue weighted by molar-refractivity contribution is 5.90. The molecule has 1 aromatic rings. The topological polar surface area (TPSA) is 121 Å². The van der Waals surface area contributed by atoms with Gasteiger partial charge in [-0.05, 0) is 31.1 Å². The number of aromatic nitrogens is 3. The minimum absolute atomic E-state index is 0.000396. The minimum atomic E-state index is -4.41. The van der Waals surface area contributed by atoms with Crippen LogP contribution in [-0.4, -0.2) is 91.6 Å². The third-order valence-electron chi connectivity index (χ3n) is 7.45. The van der Waals surface area contributed by atoms with Gasteiger partial charge in [-0.15, -0.1) is 5.10 Å². The van der Waals surface area contributed by atoms with Crippen LogP contribution in [0.3, 0.4) is 0 Å². The summed E-state index contributed by atoms with van der Waals surface area (Å²) in [6.45, 7) is 6.16. The van der Waals surface area contributed by atoms with E-state index in [1.165, 1.54) is 9.80 Å². The number of aliphatic hydroxyl groups excluding tert-OH is 1. The maximum Gasteiger partial charge on any atom is 0.389 e. The Morgan fingerprint density at radius 2 is 1.87 bits per heavy atom. The molecule has 3 amide bonds. The second-order valence-electron chi connectivity index (χ2n) is 11.9. The molecule has 212 valence electrons. The Balaban J connectivity index is 1.42. The SMILES string of the molecule is CC(C)(C)[C@@H](C(=O)N1C[C@H](O)C[C@H]1C(=O)N[C@@H]1CCCN(C(=O)CCC(F)(F)F)C1)n1cc(C2CC2)nn1. The number of aliphatic hydroxyl groups is 1. The number of rotatable bonds is 7. The van der Waals surface area contributed by atoms with Gasteiger partial charge in [0, 0.05) is 50.6 Å². The first-order chi connectivity index (χ1) is 17.7. The number of piperidine rings is 1. The zero-order valence-corrected chi connectivity index (χ0v) is 22.1. The molecule has 3 aliphatic rings. The van der Waals surface area contributed by atoms with Crippen LogP contribution in [0.5, 0.6) is 0 Å². The lowest BCUT2D eigenvalue weighted by molar-refractivity contribution is -0.150. The van der Waals surface area contributed by atoms with Crippen molar-refractivity contribution in [3.63, 3.8) is 0 Å². The van der Waals surface area contributed by atoms with E-state index in [4.69, 9.17) is 0 Å². The van der Waals surface area contributed by atoms with Crippen LogP contribution >= 0.6 is 0 Å². The van der Waals surface area contributed by atoms with Crippen molar-refractivity contribution in [2.45, 2.75) is 102 Å². The summed E-state index contributed by atoms with van der Waals surface area (Å²) in [4.78, 5) is 42.2. The molecule has 1 aromatic heterocycles. The van der Waals surface area contributed by atoms with E-state index in [1.807, 2.05) is 20.8 Å². The summed E-state index contributed by atoms with van der Waals surface area (Å²) in [5.41, 5.74) is 0.287. The summed E-state index contributed by atoms with van der Waals surface area (Å²) in [6.07, 6.45) is -2.04. The fourth-order valence-electron chi connectivity index (χ4n) is 5.35. The van der Waals surface area contributed by atoms with Crippen molar-refractivity contribution in [2.24, 2.45) is 5.41 Å². The molecule has 0 spiro atoms. The highest BCUT2D eigenvalue weighted by Crippen LogP contribution is 2.40. The molecule has 4 atom stereocenters. The molecule has 3 fully saturated rings. The fraction of sp³-hybridized carbons (Fsp3) is 0.800. The van der Waals surface area contributed by atoms with Gasteiger partial charge in [-0.1, -0.05) is 26.0 Å². The van der Waals surface area contributed by atoms with Gasteiger partial charge in [0.15, 0.2) is 0 Å². The van der Waals surface area contributed by atoms with Crippen LogP contribution < -0.4 is 5.32 Å². The summed E-state index contributed by atoms with van der Waals surface area (Å²) in [7, 11) is 0. The Kier molecular flexibility index (Phi) is 8.06. The first-order valence-corrected chi connectivity index (χ1v) is 13.3. The van der Waals surface area contributed by atoms with Gasteiger partial charge < -0.3 is 20.2 Å².